The molecule has 0 radical (unpaired) electrons. The fourth-order valence-corrected chi connectivity index (χ4v) is 2.50. The summed E-state index contributed by atoms with van der Waals surface area (Å²) >= 11 is 0. The number of benzene rings is 1. The van der Waals surface area contributed by atoms with Gasteiger partial charge >= 0.3 is 0 Å². The predicted molar refractivity (Wildman–Crippen MR) is 83.5 cm³/mol. The van der Waals surface area contributed by atoms with Gasteiger partial charge in [-0.3, -0.25) is 9.59 Å². The molecule has 2 amide bonds. The maximum absolute atomic E-state index is 12.2. The predicted octanol–water partition coefficient (Wildman–Crippen LogP) is 1.69. The van der Waals surface area contributed by atoms with Crippen LogP contribution >= 0.6 is 0 Å². The minimum Gasteiger partial charge on any atom is -0.385 e. The molecule has 0 fully saturated rings. The van der Waals surface area contributed by atoms with Crippen molar-refractivity contribution in [3.05, 3.63) is 29.3 Å². The van der Waals surface area contributed by atoms with E-state index >= 15 is 0 Å². The summed E-state index contributed by atoms with van der Waals surface area (Å²) in [6.07, 6.45) is 2.26. The standard InChI is InChI=1S/C16H23N3O2/c1-11(2)19-15(20)8-10-18-16(21)13-5-3-7-14-12(13)6-4-9-17-14/h3,5,7,11,17H,4,6,8-10H2,1-2H3,(H,18,21)(H,19,20). The third-order valence-corrected chi connectivity index (χ3v) is 3.43. The first-order chi connectivity index (χ1) is 10.1. The third-order valence-electron chi connectivity index (χ3n) is 3.43. The monoisotopic (exact) mass is 289 g/mol. The van der Waals surface area contributed by atoms with E-state index in [2.05, 4.69) is 16.0 Å². The van der Waals surface area contributed by atoms with E-state index in [9.17, 15) is 9.59 Å². The van der Waals surface area contributed by atoms with Crippen LogP contribution < -0.4 is 16.0 Å². The third kappa shape index (κ3) is 4.21. The molecule has 0 saturated carbocycles. The Labute approximate surface area is 125 Å². The molecule has 1 aliphatic rings. The molecule has 0 saturated heterocycles. The first-order valence-corrected chi connectivity index (χ1v) is 7.51. The highest BCUT2D eigenvalue weighted by atomic mass is 16.2. The molecular formula is C16H23N3O2. The van der Waals surface area contributed by atoms with Gasteiger partial charge in [-0.2, -0.15) is 0 Å². The summed E-state index contributed by atoms with van der Waals surface area (Å²) < 4.78 is 0. The fourth-order valence-electron chi connectivity index (χ4n) is 2.50. The van der Waals surface area contributed by atoms with Gasteiger partial charge in [-0.05, 0) is 44.4 Å². The molecule has 3 N–H and O–H groups in total. The Kier molecular flexibility index (Phi) is 5.20. The lowest BCUT2D eigenvalue weighted by molar-refractivity contribution is -0.121. The lowest BCUT2D eigenvalue weighted by Gasteiger charge is -2.20. The minimum atomic E-state index is -0.104. The molecule has 1 aliphatic heterocycles. The van der Waals surface area contributed by atoms with Crippen molar-refractivity contribution in [3.8, 4) is 0 Å². The number of carbonyl (C=O) groups excluding carboxylic acids is 2. The SMILES string of the molecule is CC(C)NC(=O)CCNC(=O)c1cccc2c1CCCN2. The molecular weight excluding hydrogens is 266 g/mol. The Bertz CT molecular complexity index is 526. The van der Waals surface area contributed by atoms with Gasteiger partial charge in [0.1, 0.15) is 0 Å². The lowest BCUT2D eigenvalue weighted by atomic mass is 9.97. The Morgan fingerprint density at radius 1 is 1.33 bits per heavy atom. The molecule has 0 bridgehead atoms. The van der Waals surface area contributed by atoms with Crippen LogP contribution in [0, 0.1) is 0 Å². The van der Waals surface area contributed by atoms with Crippen LogP contribution in [0.4, 0.5) is 5.69 Å². The molecule has 5 nitrogen and oxygen atoms in total. The fraction of sp³-hybridized carbons (Fsp3) is 0.500. The summed E-state index contributed by atoms with van der Waals surface area (Å²) in [5.41, 5.74) is 2.84. The van der Waals surface area contributed by atoms with Gasteiger partial charge in [0.15, 0.2) is 0 Å². The van der Waals surface area contributed by atoms with E-state index in [0.29, 0.717) is 18.5 Å². The number of amides is 2. The van der Waals surface area contributed by atoms with Gasteiger partial charge in [0, 0.05) is 36.8 Å². The van der Waals surface area contributed by atoms with Crippen molar-refractivity contribution in [1.82, 2.24) is 10.6 Å². The van der Waals surface area contributed by atoms with Crippen LogP contribution in [-0.4, -0.2) is 30.9 Å². The van der Waals surface area contributed by atoms with Crippen LogP contribution in [0.25, 0.3) is 0 Å². The summed E-state index contributed by atoms with van der Waals surface area (Å²) in [6, 6.07) is 5.86. The van der Waals surface area contributed by atoms with Crippen molar-refractivity contribution in [2.45, 2.75) is 39.2 Å². The summed E-state index contributed by atoms with van der Waals surface area (Å²) in [6.45, 7) is 5.14. The van der Waals surface area contributed by atoms with Crippen molar-refractivity contribution in [1.29, 1.82) is 0 Å². The first kappa shape index (κ1) is 15.4. The Morgan fingerprint density at radius 2 is 2.14 bits per heavy atom. The van der Waals surface area contributed by atoms with Gasteiger partial charge in [0.2, 0.25) is 5.91 Å². The van der Waals surface area contributed by atoms with E-state index in [1.54, 1.807) is 0 Å². The summed E-state index contributed by atoms with van der Waals surface area (Å²) in [7, 11) is 0. The van der Waals surface area contributed by atoms with Crippen LogP contribution in [0.15, 0.2) is 18.2 Å². The number of nitrogens with one attached hydrogen (secondary N) is 3. The second kappa shape index (κ2) is 7.11. The maximum Gasteiger partial charge on any atom is 0.251 e. The first-order valence-electron chi connectivity index (χ1n) is 7.51. The normalized spacial score (nSPS) is 13.3. The quantitative estimate of drug-likeness (QED) is 0.772. The molecule has 1 heterocycles. The van der Waals surface area contributed by atoms with Gasteiger partial charge in [-0.25, -0.2) is 0 Å². The molecule has 1 aromatic rings. The van der Waals surface area contributed by atoms with Gasteiger partial charge in [-0.15, -0.1) is 0 Å². The largest absolute Gasteiger partial charge is 0.385 e. The molecule has 0 spiro atoms. The van der Waals surface area contributed by atoms with Crippen molar-refractivity contribution in [2.75, 3.05) is 18.4 Å². The van der Waals surface area contributed by atoms with Gasteiger partial charge in [0.05, 0.1) is 0 Å². The second-order valence-corrected chi connectivity index (χ2v) is 5.59. The van der Waals surface area contributed by atoms with E-state index < -0.39 is 0 Å². The maximum atomic E-state index is 12.2. The average molecular weight is 289 g/mol. The number of anilines is 1. The van der Waals surface area contributed by atoms with Crippen LogP contribution in [0.1, 0.15) is 42.6 Å². The zero-order valence-electron chi connectivity index (χ0n) is 12.7. The molecule has 0 aromatic heterocycles. The molecule has 21 heavy (non-hydrogen) atoms. The molecule has 114 valence electrons. The van der Waals surface area contributed by atoms with Crippen LogP contribution in [0.3, 0.4) is 0 Å². The average Bonchev–Trinajstić information content (AvgIpc) is 2.45. The summed E-state index contributed by atoms with van der Waals surface area (Å²) in [4.78, 5) is 23.8. The highest BCUT2D eigenvalue weighted by Gasteiger charge is 2.17. The summed E-state index contributed by atoms with van der Waals surface area (Å²) in [5, 5.41) is 8.94. The molecule has 0 aliphatic carbocycles. The zero-order valence-corrected chi connectivity index (χ0v) is 12.7. The van der Waals surface area contributed by atoms with E-state index in [1.807, 2.05) is 32.0 Å². The van der Waals surface area contributed by atoms with Crippen LogP contribution in [-0.2, 0) is 11.2 Å². The lowest BCUT2D eigenvalue weighted by Crippen LogP contribution is -2.34. The number of hydrogen-bond donors (Lipinski definition) is 3. The molecule has 0 atom stereocenters. The van der Waals surface area contributed by atoms with Crippen molar-refractivity contribution < 1.29 is 9.59 Å². The second-order valence-electron chi connectivity index (χ2n) is 5.59. The van der Waals surface area contributed by atoms with Crippen LogP contribution in [0.5, 0.6) is 0 Å². The molecule has 5 heteroatoms. The van der Waals surface area contributed by atoms with Crippen molar-refractivity contribution >= 4 is 17.5 Å². The smallest absolute Gasteiger partial charge is 0.251 e. The Morgan fingerprint density at radius 3 is 2.90 bits per heavy atom. The molecule has 1 aromatic carbocycles. The molecule has 0 unspecified atom stereocenters. The van der Waals surface area contributed by atoms with Gasteiger partial charge < -0.3 is 16.0 Å². The zero-order chi connectivity index (χ0) is 15.2. The minimum absolute atomic E-state index is 0.0398. The molecule has 2 rings (SSSR count). The van der Waals surface area contributed by atoms with Crippen LogP contribution in [0.2, 0.25) is 0 Å². The highest BCUT2D eigenvalue weighted by molar-refractivity contribution is 5.97. The Hall–Kier alpha value is -2.04. The Balaban J connectivity index is 1.91. The number of carbonyl (C=O) groups is 2. The van der Waals surface area contributed by atoms with E-state index in [-0.39, 0.29) is 17.9 Å². The topological polar surface area (TPSA) is 70.2 Å². The van der Waals surface area contributed by atoms with Crippen molar-refractivity contribution in [3.63, 3.8) is 0 Å². The highest BCUT2D eigenvalue weighted by Crippen LogP contribution is 2.25. The van der Waals surface area contributed by atoms with Gasteiger partial charge in [-0.1, -0.05) is 6.07 Å². The number of fused-ring (bicyclic) bond motifs is 1. The number of hydrogen-bond acceptors (Lipinski definition) is 3. The van der Waals surface area contributed by atoms with Crippen molar-refractivity contribution in [2.24, 2.45) is 0 Å². The van der Waals surface area contributed by atoms with Gasteiger partial charge in [0.25, 0.3) is 5.91 Å². The van der Waals surface area contributed by atoms with E-state index in [4.69, 9.17) is 0 Å². The van der Waals surface area contributed by atoms with E-state index in [1.165, 1.54) is 0 Å². The van der Waals surface area contributed by atoms with E-state index in [0.717, 1.165) is 30.6 Å². The number of rotatable bonds is 5. The summed E-state index contributed by atoms with van der Waals surface area (Å²) in [5.74, 6) is -0.144.